The molecule has 2 aromatic rings. The SMILES string of the molecule is Cc1ccc(C)c(NC(=O)COC(=O)c2cccs2)c1. The van der Waals surface area contributed by atoms with Crippen molar-refractivity contribution in [1.29, 1.82) is 0 Å². The second-order valence-electron chi connectivity index (χ2n) is 4.42. The highest BCUT2D eigenvalue weighted by Gasteiger charge is 2.11. The summed E-state index contributed by atoms with van der Waals surface area (Å²) < 4.78 is 4.95. The first-order chi connectivity index (χ1) is 9.56. The molecule has 4 nitrogen and oxygen atoms in total. The standard InChI is InChI=1S/C15H15NO3S/c1-10-5-6-11(2)12(8-10)16-14(17)9-19-15(18)13-4-3-7-20-13/h3-8H,9H2,1-2H3,(H,16,17). The first kappa shape index (κ1) is 14.3. The van der Waals surface area contributed by atoms with Gasteiger partial charge in [0.2, 0.25) is 0 Å². The summed E-state index contributed by atoms with van der Waals surface area (Å²) in [5.74, 6) is -0.820. The maximum absolute atomic E-state index is 11.8. The third-order valence-electron chi connectivity index (χ3n) is 2.72. The largest absolute Gasteiger partial charge is 0.451 e. The Balaban J connectivity index is 1.90. The molecule has 0 bridgehead atoms. The van der Waals surface area contributed by atoms with Crippen LogP contribution in [0.25, 0.3) is 0 Å². The van der Waals surface area contributed by atoms with E-state index < -0.39 is 5.97 Å². The maximum atomic E-state index is 11.8. The molecule has 0 unspecified atom stereocenters. The zero-order chi connectivity index (χ0) is 14.5. The number of nitrogens with one attached hydrogen (secondary N) is 1. The van der Waals surface area contributed by atoms with Crippen molar-refractivity contribution in [3.8, 4) is 0 Å². The van der Waals surface area contributed by atoms with E-state index in [-0.39, 0.29) is 12.5 Å². The van der Waals surface area contributed by atoms with Gasteiger partial charge in [-0.3, -0.25) is 4.79 Å². The second kappa shape index (κ2) is 6.34. The summed E-state index contributed by atoms with van der Waals surface area (Å²) in [6, 6.07) is 9.21. The molecule has 0 saturated heterocycles. The number of anilines is 1. The van der Waals surface area contributed by atoms with Gasteiger partial charge < -0.3 is 10.1 Å². The number of thiophene rings is 1. The number of hydrogen-bond donors (Lipinski definition) is 1. The fraction of sp³-hybridized carbons (Fsp3) is 0.200. The summed E-state index contributed by atoms with van der Waals surface area (Å²) in [6.45, 7) is 3.57. The maximum Gasteiger partial charge on any atom is 0.348 e. The van der Waals surface area contributed by atoms with Gasteiger partial charge in [0, 0.05) is 5.69 Å². The van der Waals surface area contributed by atoms with Gasteiger partial charge in [0.25, 0.3) is 5.91 Å². The number of carbonyl (C=O) groups excluding carboxylic acids is 2. The van der Waals surface area contributed by atoms with Gasteiger partial charge in [-0.05, 0) is 42.5 Å². The van der Waals surface area contributed by atoms with Crippen molar-refractivity contribution in [2.45, 2.75) is 13.8 Å². The molecule has 104 valence electrons. The van der Waals surface area contributed by atoms with Crippen LogP contribution >= 0.6 is 11.3 Å². The van der Waals surface area contributed by atoms with Crippen molar-refractivity contribution < 1.29 is 14.3 Å². The summed E-state index contributed by atoms with van der Waals surface area (Å²) in [4.78, 5) is 23.8. The number of carbonyl (C=O) groups is 2. The summed E-state index contributed by atoms with van der Waals surface area (Å²) in [5, 5.41) is 4.52. The molecule has 0 fully saturated rings. The van der Waals surface area contributed by atoms with Gasteiger partial charge in [0.1, 0.15) is 4.88 Å². The van der Waals surface area contributed by atoms with E-state index in [1.165, 1.54) is 11.3 Å². The average molecular weight is 289 g/mol. The van der Waals surface area contributed by atoms with Crippen molar-refractivity contribution in [2.24, 2.45) is 0 Å². The highest BCUT2D eigenvalue weighted by molar-refractivity contribution is 7.11. The molecule has 0 aliphatic rings. The van der Waals surface area contributed by atoms with Crippen LogP contribution in [0, 0.1) is 13.8 Å². The van der Waals surface area contributed by atoms with Crippen molar-refractivity contribution in [3.05, 3.63) is 51.7 Å². The van der Waals surface area contributed by atoms with E-state index in [4.69, 9.17) is 4.74 Å². The minimum Gasteiger partial charge on any atom is -0.451 e. The van der Waals surface area contributed by atoms with E-state index in [2.05, 4.69) is 5.32 Å². The van der Waals surface area contributed by atoms with Crippen molar-refractivity contribution in [1.82, 2.24) is 0 Å². The Kier molecular flexibility index (Phi) is 4.53. The van der Waals surface area contributed by atoms with Crippen LogP contribution in [0.4, 0.5) is 5.69 Å². The van der Waals surface area contributed by atoms with Gasteiger partial charge in [-0.1, -0.05) is 18.2 Å². The first-order valence-corrected chi connectivity index (χ1v) is 7.02. The Hall–Kier alpha value is -2.14. The topological polar surface area (TPSA) is 55.4 Å². The van der Waals surface area contributed by atoms with E-state index >= 15 is 0 Å². The molecule has 1 N–H and O–H groups in total. The van der Waals surface area contributed by atoms with Crippen molar-refractivity contribution >= 4 is 28.9 Å². The summed E-state index contributed by atoms with van der Waals surface area (Å²) >= 11 is 1.28. The normalized spacial score (nSPS) is 10.1. The van der Waals surface area contributed by atoms with Crippen LogP contribution in [0.15, 0.2) is 35.7 Å². The molecule has 0 saturated carbocycles. The number of amides is 1. The third-order valence-corrected chi connectivity index (χ3v) is 3.57. The molecule has 0 radical (unpaired) electrons. The Bertz CT molecular complexity index is 620. The molecule has 0 aliphatic carbocycles. The monoisotopic (exact) mass is 289 g/mol. The number of hydrogen-bond acceptors (Lipinski definition) is 4. The lowest BCUT2D eigenvalue weighted by atomic mass is 10.1. The summed E-state index contributed by atoms with van der Waals surface area (Å²) in [7, 11) is 0. The van der Waals surface area contributed by atoms with Crippen LogP contribution in [0.1, 0.15) is 20.8 Å². The Morgan fingerprint density at radius 2 is 2.05 bits per heavy atom. The summed E-state index contributed by atoms with van der Waals surface area (Å²) in [6.07, 6.45) is 0. The van der Waals surface area contributed by atoms with Crippen LogP contribution in [0.5, 0.6) is 0 Å². The lowest BCUT2D eigenvalue weighted by Gasteiger charge is -2.09. The molecule has 2 rings (SSSR count). The number of esters is 1. The van der Waals surface area contributed by atoms with Crippen LogP contribution in [-0.4, -0.2) is 18.5 Å². The highest BCUT2D eigenvalue weighted by atomic mass is 32.1. The minimum absolute atomic E-state index is 0.288. The van der Waals surface area contributed by atoms with E-state index in [1.807, 2.05) is 32.0 Å². The van der Waals surface area contributed by atoms with Gasteiger partial charge in [-0.2, -0.15) is 0 Å². The Labute approximate surface area is 121 Å². The van der Waals surface area contributed by atoms with E-state index in [1.54, 1.807) is 17.5 Å². The molecule has 0 atom stereocenters. The predicted molar refractivity (Wildman–Crippen MR) is 79.1 cm³/mol. The fourth-order valence-corrected chi connectivity index (χ4v) is 2.27. The molecule has 1 aromatic carbocycles. The quantitative estimate of drug-likeness (QED) is 0.880. The molecular weight excluding hydrogens is 274 g/mol. The lowest BCUT2D eigenvalue weighted by Crippen LogP contribution is -2.21. The predicted octanol–water partition coefficient (Wildman–Crippen LogP) is 3.16. The van der Waals surface area contributed by atoms with Gasteiger partial charge >= 0.3 is 5.97 Å². The van der Waals surface area contributed by atoms with E-state index in [0.29, 0.717) is 4.88 Å². The van der Waals surface area contributed by atoms with Gasteiger partial charge in [-0.25, -0.2) is 4.79 Å². The van der Waals surface area contributed by atoms with Gasteiger partial charge in [0.05, 0.1) is 0 Å². The zero-order valence-corrected chi connectivity index (χ0v) is 12.1. The lowest BCUT2D eigenvalue weighted by molar-refractivity contribution is -0.119. The van der Waals surface area contributed by atoms with Crippen molar-refractivity contribution in [3.63, 3.8) is 0 Å². The molecule has 0 aliphatic heterocycles. The Morgan fingerprint density at radius 3 is 2.75 bits per heavy atom. The molecule has 20 heavy (non-hydrogen) atoms. The van der Waals surface area contributed by atoms with E-state index in [9.17, 15) is 9.59 Å². The van der Waals surface area contributed by atoms with Crippen LogP contribution < -0.4 is 5.32 Å². The number of ether oxygens (including phenoxy) is 1. The third kappa shape index (κ3) is 3.68. The fourth-order valence-electron chi connectivity index (χ4n) is 1.65. The number of benzene rings is 1. The molecular formula is C15H15NO3S. The van der Waals surface area contributed by atoms with Crippen LogP contribution in [-0.2, 0) is 9.53 Å². The van der Waals surface area contributed by atoms with Gasteiger partial charge in [-0.15, -0.1) is 11.3 Å². The molecule has 0 spiro atoms. The molecule has 5 heteroatoms. The van der Waals surface area contributed by atoms with Crippen molar-refractivity contribution in [2.75, 3.05) is 11.9 Å². The highest BCUT2D eigenvalue weighted by Crippen LogP contribution is 2.16. The minimum atomic E-state index is -0.476. The molecule has 1 heterocycles. The molecule has 1 aromatic heterocycles. The number of aryl methyl sites for hydroxylation is 2. The first-order valence-electron chi connectivity index (χ1n) is 6.14. The van der Waals surface area contributed by atoms with Crippen LogP contribution in [0.2, 0.25) is 0 Å². The average Bonchev–Trinajstić information content (AvgIpc) is 2.94. The smallest absolute Gasteiger partial charge is 0.348 e. The zero-order valence-electron chi connectivity index (χ0n) is 11.3. The summed E-state index contributed by atoms with van der Waals surface area (Å²) in [5.41, 5.74) is 2.76. The number of rotatable bonds is 4. The van der Waals surface area contributed by atoms with E-state index in [0.717, 1.165) is 16.8 Å². The Morgan fingerprint density at radius 1 is 1.25 bits per heavy atom. The van der Waals surface area contributed by atoms with Gasteiger partial charge in [0.15, 0.2) is 6.61 Å². The molecule has 1 amide bonds. The van der Waals surface area contributed by atoms with Crippen LogP contribution in [0.3, 0.4) is 0 Å². The second-order valence-corrected chi connectivity index (χ2v) is 5.37.